The molecule has 1 N–H and O–H groups in total. The molecule has 0 fully saturated rings. The minimum Gasteiger partial charge on any atom is -0.432 e. The van der Waals surface area contributed by atoms with Crippen molar-refractivity contribution < 1.29 is 9.66 Å². The fourth-order valence-electron chi connectivity index (χ4n) is 1.81. The van der Waals surface area contributed by atoms with E-state index in [0.29, 0.717) is 17.3 Å². The molecule has 2 aromatic rings. The summed E-state index contributed by atoms with van der Waals surface area (Å²) in [5.41, 5.74) is 0.512. The van der Waals surface area contributed by atoms with Crippen molar-refractivity contribution in [2.45, 2.75) is 13.8 Å². The first-order chi connectivity index (χ1) is 9.61. The molecule has 104 valence electrons. The van der Waals surface area contributed by atoms with Crippen molar-refractivity contribution in [3.8, 4) is 11.6 Å². The third kappa shape index (κ3) is 3.03. The molecule has 0 aliphatic rings. The number of nitro benzene ring substituents is 1. The van der Waals surface area contributed by atoms with E-state index >= 15 is 0 Å². The highest BCUT2D eigenvalue weighted by molar-refractivity contribution is 5.53. The van der Waals surface area contributed by atoms with Gasteiger partial charge in [-0.25, -0.2) is 0 Å². The maximum Gasteiger partial charge on any atom is 0.314 e. The van der Waals surface area contributed by atoms with E-state index in [1.165, 1.54) is 0 Å². The molecule has 0 spiro atoms. The Morgan fingerprint density at radius 3 is 2.75 bits per heavy atom. The molecule has 0 bridgehead atoms. The molecule has 1 heterocycles. The minimum absolute atomic E-state index is 0.0387. The highest BCUT2D eigenvalue weighted by Gasteiger charge is 2.19. The summed E-state index contributed by atoms with van der Waals surface area (Å²) in [5.74, 6) is 1.17. The first-order valence-corrected chi connectivity index (χ1v) is 6.24. The van der Waals surface area contributed by atoms with Crippen LogP contribution in [0.15, 0.2) is 36.4 Å². The van der Waals surface area contributed by atoms with Gasteiger partial charge in [0, 0.05) is 18.2 Å². The van der Waals surface area contributed by atoms with Crippen LogP contribution in [0.25, 0.3) is 0 Å². The van der Waals surface area contributed by atoms with Crippen molar-refractivity contribution in [2.75, 3.05) is 11.9 Å². The number of ether oxygens (including phenoxy) is 1. The van der Waals surface area contributed by atoms with Crippen LogP contribution < -0.4 is 10.1 Å². The highest BCUT2D eigenvalue weighted by atomic mass is 16.6. The van der Waals surface area contributed by atoms with Gasteiger partial charge in [-0.15, -0.1) is 0 Å². The number of benzene rings is 1. The van der Waals surface area contributed by atoms with Crippen molar-refractivity contribution in [1.29, 1.82) is 0 Å². The molecule has 0 aliphatic heterocycles. The van der Waals surface area contributed by atoms with Gasteiger partial charge in [0.25, 0.3) is 0 Å². The maximum atomic E-state index is 11.1. The van der Waals surface area contributed by atoms with E-state index in [9.17, 15) is 10.1 Å². The molecule has 0 radical (unpaired) electrons. The second kappa shape index (κ2) is 6.01. The molecule has 0 saturated carbocycles. The van der Waals surface area contributed by atoms with E-state index in [1.54, 1.807) is 43.3 Å². The number of nitrogens with one attached hydrogen (secondary N) is 1. The summed E-state index contributed by atoms with van der Waals surface area (Å²) in [5, 5.41) is 14.2. The van der Waals surface area contributed by atoms with Crippen LogP contribution >= 0.6 is 0 Å². The van der Waals surface area contributed by atoms with E-state index in [1.807, 2.05) is 6.92 Å². The first kappa shape index (κ1) is 13.8. The topological polar surface area (TPSA) is 77.3 Å². The zero-order valence-electron chi connectivity index (χ0n) is 11.3. The lowest BCUT2D eigenvalue weighted by molar-refractivity contribution is -0.386. The molecule has 2 rings (SSSR count). The molecule has 1 aromatic heterocycles. The standard InChI is InChI=1S/C14H15N3O3/c1-3-15-12-8-5-9-13(16-12)20-11-7-4-6-10(2)14(11)17(18)19/h4-9H,3H2,1-2H3,(H,15,16). The fourth-order valence-corrected chi connectivity index (χ4v) is 1.81. The van der Waals surface area contributed by atoms with Crippen LogP contribution in [-0.4, -0.2) is 16.5 Å². The Bertz CT molecular complexity index is 629. The van der Waals surface area contributed by atoms with Crippen LogP contribution in [0.2, 0.25) is 0 Å². The molecule has 6 nitrogen and oxygen atoms in total. The Morgan fingerprint density at radius 2 is 2.05 bits per heavy atom. The van der Waals surface area contributed by atoms with Crippen molar-refractivity contribution in [2.24, 2.45) is 0 Å². The number of hydrogen-bond donors (Lipinski definition) is 1. The molecule has 0 unspecified atom stereocenters. The van der Waals surface area contributed by atoms with Gasteiger partial charge in [-0.05, 0) is 26.0 Å². The summed E-state index contributed by atoms with van der Waals surface area (Å²) in [6.07, 6.45) is 0. The molecule has 20 heavy (non-hydrogen) atoms. The zero-order chi connectivity index (χ0) is 14.5. The van der Waals surface area contributed by atoms with Gasteiger partial charge in [-0.2, -0.15) is 4.98 Å². The average molecular weight is 273 g/mol. The van der Waals surface area contributed by atoms with Crippen LogP contribution in [0.4, 0.5) is 11.5 Å². The Labute approximate surface area is 116 Å². The molecular formula is C14H15N3O3. The molecule has 0 aliphatic carbocycles. The van der Waals surface area contributed by atoms with Crippen LogP contribution in [-0.2, 0) is 0 Å². The SMILES string of the molecule is CCNc1cccc(Oc2cccc(C)c2[N+](=O)[O-])n1. The van der Waals surface area contributed by atoms with Crippen LogP contribution in [0.3, 0.4) is 0 Å². The number of aromatic nitrogens is 1. The molecular weight excluding hydrogens is 258 g/mol. The Balaban J connectivity index is 2.32. The normalized spacial score (nSPS) is 10.1. The second-order valence-corrected chi connectivity index (χ2v) is 4.17. The van der Waals surface area contributed by atoms with Gasteiger partial charge in [0.2, 0.25) is 11.6 Å². The summed E-state index contributed by atoms with van der Waals surface area (Å²) < 4.78 is 5.55. The summed E-state index contributed by atoms with van der Waals surface area (Å²) in [6, 6.07) is 10.2. The number of anilines is 1. The van der Waals surface area contributed by atoms with Crippen LogP contribution in [0.1, 0.15) is 12.5 Å². The van der Waals surface area contributed by atoms with Crippen molar-refractivity contribution in [3.05, 3.63) is 52.1 Å². The Morgan fingerprint density at radius 1 is 1.30 bits per heavy atom. The second-order valence-electron chi connectivity index (χ2n) is 4.17. The zero-order valence-corrected chi connectivity index (χ0v) is 11.3. The summed E-state index contributed by atoms with van der Waals surface area (Å²) in [7, 11) is 0. The number of hydrogen-bond acceptors (Lipinski definition) is 5. The average Bonchev–Trinajstić information content (AvgIpc) is 2.39. The highest BCUT2D eigenvalue weighted by Crippen LogP contribution is 2.33. The van der Waals surface area contributed by atoms with Gasteiger partial charge in [0.1, 0.15) is 5.82 Å². The number of para-hydroxylation sites is 1. The van der Waals surface area contributed by atoms with Gasteiger partial charge in [0.15, 0.2) is 0 Å². The number of rotatable bonds is 5. The quantitative estimate of drug-likeness (QED) is 0.666. The van der Waals surface area contributed by atoms with E-state index in [4.69, 9.17) is 4.74 Å². The van der Waals surface area contributed by atoms with Crippen molar-refractivity contribution in [1.82, 2.24) is 4.98 Å². The smallest absolute Gasteiger partial charge is 0.314 e. The lowest BCUT2D eigenvalue weighted by Crippen LogP contribution is -2.00. The molecule has 0 atom stereocenters. The first-order valence-electron chi connectivity index (χ1n) is 6.24. The van der Waals surface area contributed by atoms with Crippen LogP contribution in [0.5, 0.6) is 11.6 Å². The lowest BCUT2D eigenvalue weighted by Gasteiger charge is -2.08. The van der Waals surface area contributed by atoms with Gasteiger partial charge < -0.3 is 10.1 Å². The number of aryl methyl sites for hydroxylation is 1. The third-order valence-corrected chi connectivity index (χ3v) is 2.68. The summed E-state index contributed by atoms with van der Waals surface area (Å²) >= 11 is 0. The van der Waals surface area contributed by atoms with Gasteiger partial charge in [-0.1, -0.05) is 18.2 Å². The third-order valence-electron chi connectivity index (χ3n) is 2.68. The van der Waals surface area contributed by atoms with Gasteiger partial charge >= 0.3 is 5.69 Å². The predicted octanol–water partition coefficient (Wildman–Crippen LogP) is 3.52. The van der Waals surface area contributed by atoms with Gasteiger partial charge in [0.05, 0.1) is 4.92 Å². The Kier molecular flexibility index (Phi) is 4.14. The lowest BCUT2D eigenvalue weighted by atomic mass is 10.2. The number of nitro groups is 1. The summed E-state index contributed by atoms with van der Waals surface area (Å²) in [6.45, 7) is 4.37. The summed E-state index contributed by atoms with van der Waals surface area (Å²) in [4.78, 5) is 14.9. The van der Waals surface area contributed by atoms with Crippen LogP contribution in [0, 0.1) is 17.0 Å². The van der Waals surface area contributed by atoms with E-state index < -0.39 is 4.92 Å². The number of pyridine rings is 1. The van der Waals surface area contributed by atoms with E-state index in [0.717, 1.165) is 6.54 Å². The van der Waals surface area contributed by atoms with Crippen molar-refractivity contribution >= 4 is 11.5 Å². The largest absolute Gasteiger partial charge is 0.432 e. The molecule has 1 aromatic carbocycles. The monoisotopic (exact) mass is 273 g/mol. The molecule has 0 amide bonds. The predicted molar refractivity (Wildman–Crippen MR) is 76.3 cm³/mol. The van der Waals surface area contributed by atoms with Crippen molar-refractivity contribution in [3.63, 3.8) is 0 Å². The van der Waals surface area contributed by atoms with E-state index in [2.05, 4.69) is 10.3 Å². The maximum absolute atomic E-state index is 11.1. The molecule has 6 heteroatoms. The number of nitrogens with zero attached hydrogens (tertiary/aromatic N) is 2. The minimum atomic E-state index is -0.446. The Hall–Kier alpha value is -2.63. The molecule has 0 saturated heterocycles. The fraction of sp³-hybridized carbons (Fsp3) is 0.214. The van der Waals surface area contributed by atoms with Gasteiger partial charge in [-0.3, -0.25) is 10.1 Å². The van der Waals surface area contributed by atoms with E-state index in [-0.39, 0.29) is 11.4 Å².